The summed E-state index contributed by atoms with van der Waals surface area (Å²) in [4.78, 5) is 72.6. The van der Waals surface area contributed by atoms with E-state index in [1.54, 1.807) is 0 Å². The number of ether oxygens (including phenoxy) is 4. The minimum Gasteiger partial charge on any atom is -0.462 e. The van der Waals surface area contributed by atoms with E-state index in [4.69, 9.17) is 37.0 Å². The molecular weight excluding hydrogens is 1200 g/mol. The van der Waals surface area contributed by atoms with Crippen molar-refractivity contribution in [3.8, 4) is 0 Å². The summed E-state index contributed by atoms with van der Waals surface area (Å²) in [5.41, 5.74) is 0. The molecule has 540 valence electrons. The van der Waals surface area contributed by atoms with Gasteiger partial charge in [0.05, 0.1) is 26.4 Å². The van der Waals surface area contributed by atoms with Crippen LogP contribution in [0.3, 0.4) is 0 Å². The Morgan fingerprint density at radius 2 is 0.527 bits per heavy atom. The molecule has 0 saturated carbocycles. The Bertz CT molecular complexity index is 1760. The summed E-state index contributed by atoms with van der Waals surface area (Å²) in [6.45, 7) is 7.27. The first-order chi connectivity index (χ1) is 44.1. The number of aliphatic hydroxyl groups is 1. The van der Waals surface area contributed by atoms with Crippen molar-refractivity contribution < 1.29 is 80.2 Å². The quantitative estimate of drug-likeness (QED) is 0.0222. The molecule has 3 N–H and O–H groups in total. The predicted octanol–water partition coefficient (Wildman–Crippen LogP) is 20.9. The maximum absolute atomic E-state index is 13.0. The average Bonchev–Trinajstić information content (AvgIpc) is 3.63. The van der Waals surface area contributed by atoms with Crippen LogP contribution >= 0.6 is 15.6 Å². The molecule has 0 aliphatic heterocycles. The van der Waals surface area contributed by atoms with E-state index in [9.17, 15) is 43.2 Å². The Kier molecular flexibility index (Phi) is 64.0. The molecule has 0 aromatic heterocycles. The van der Waals surface area contributed by atoms with Gasteiger partial charge >= 0.3 is 39.5 Å². The molecule has 0 spiro atoms. The van der Waals surface area contributed by atoms with Crippen molar-refractivity contribution in [1.82, 2.24) is 0 Å². The summed E-state index contributed by atoms with van der Waals surface area (Å²) in [7, 11) is -9.90. The molecule has 91 heavy (non-hydrogen) atoms. The molecule has 0 heterocycles. The summed E-state index contributed by atoms with van der Waals surface area (Å²) in [5.74, 6) is -1.31. The van der Waals surface area contributed by atoms with Gasteiger partial charge in [0.15, 0.2) is 12.2 Å². The Labute approximate surface area is 556 Å². The van der Waals surface area contributed by atoms with Crippen molar-refractivity contribution in [2.75, 3.05) is 39.6 Å². The highest BCUT2D eigenvalue weighted by Crippen LogP contribution is 2.45. The fourth-order valence-corrected chi connectivity index (χ4v) is 12.5. The molecule has 0 saturated heterocycles. The molecule has 19 heteroatoms. The third-order valence-corrected chi connectivity index (χ3v) is 19.0. The molecule has 0 aromatic carbocycles. The largest absolute Gasteiger partial charge is 0.472 e. The minimum absolute atomic E-state index is 0.108. The Balaban J connectivity index is 5.23. The van der Waals surface area contributed by atoms with Gasteiger partial charge in [-0.3, -0.25) is 37.3 Å². The summed E-state index contributed by atoms with van der Waals surface area (Å²) in [6, 6.07) is 0. The fraction of sp³-hybridized carbons (Fsp3) is 0.944. The molecule has 0 fully saturated rings. The Morgan fingerprint density at radius 3 is 0.780 bits per heavy atom. The molecule has 0 radical (unpaired) electrons. The van der Waals surface area contributed by atoms with Crippen LogP contribution < -0.4 is 0 Å². The van der Waals surface area contributed by atoms with Crippen LogP contribution in [-0.4, -0.2) is 96.7 Å². The number of carbonyl (C=O) groups excluding carboxylic acids is 4. The zero-order chi connectivity index (χ0) is 67.0. The smallest absolute Gasteiger partial charge is 0.462 e. The highest BCUT2D eigenvalue weighted by molar-refractivity contribution is 7.47. The maximum Gasteiger partial charge on any atom is 0.472 e. The minimum atomic E-state index is -4.95. The lowest BCUT2D eigenvalue weighted by molar-refractivity contribution is -0.161. The number of esters is 4. The van der Waals surface area contributed by atoms with Gasteiger partial charge in [-0.2, -0.15) is 0 Å². The molecule has 0 bridgehead atoms. The van der Waals surface area contributed by atoms with Crippen molar-refractivity contribution in [3.05, 3.63) is 0 Å². The lowest BCUT2D eigenvalue weighted by atomic mass is 9.99. The van der Waals surface area contributed by atoms with Gasteiger partial charge in [0.25, 0.3) is 0 Å². The maximum atomic E-state index is 13.0. The number of aliphatic hydroxyl groups excluding tert-OH is 1. The second-order valence-corrected chi connectivity index (χ2v) is 29.1. The van der Waals surface area contributed by atoms with Gasteiger partial charge in [-0.25, -0.2) is 9.13 Å². The third-order valence-electron chi connectivity index (χ3n) is 17.1. The number of phosphoric ester groups is 2. The van der Waals surface area contributed by atoms with E-state index < -0.39 is 97.5 Å². The van der Waals surface area contributed by atoms with Gasteiger partial charge in [-0.1, -0.05) is 324 Å². The van der Waals surface area contributed by atoms with Crippen molar-refractivity contribution in [1.29, 1.82) is 0 Å². The van der Waals surface area contributed by atoms with Crippen molar-refractivity contribution in [2.24, 2.45) is 5.92 Å². The van der Waals surface area contributed by atoms with E-state index in [0.29, 0.717) is 25.7 Å². The summed E-state index contributed by atoms with van der Waals surface area (Å²) < 4.78 is 68.3. The van der Waals surface area contributed by atoms with Crippen LogP contribution in [0.1, 0.15) is 375 Å². The van der Waals surface area contributed by atoms with Crippen molar-refractivity contribution in [2.45, 2.75) is 393 Å². The van der Waals surface area contributed by atoms with Gasteiger partial charge in [-0.05, 0) is 31.6 Å². The van der Waals surface area contributed by atoms with Crippen LogP contribution in [0.15, 0.2) is 0 Å². The monoisotopic (exact) mass is 1340 g/mol. The van der Waals surface area contributed by atoms with Crippen LogP contribution in [-0.2, 0) is 65.4 Å². The lowest BCUT2D eigenvalue weighted by Gasteiger charge is -2.21. The van der Waals surface area contributed by atoms with Crippen LogP contribution in [0.25, 0.3) is 0 Å². The van der Waals surface area contributed by atoms with Crippen LogP contribution in [0.2, 0.25) is 0 Å². The molecule has 0 aliphatic carbocycles. The first kappa shape index (κ1) is 89.1. The number of rotatable bonds is 72. The van der Waals surface area contributed by atoms with E-state index in [1.165, 1.54) is 193 Å². The van der Waals surface area contributed by atoms with Gasteiger partial charge < -0.3 is 33.8 Å². The highest BCUT2D eigenvalue weighted by atomic mass is 31.2. The van der Waals surface area contributed by atoms with Crippen LogP contribution in [0.4, 0.5) is 0 Å². The van der Waals surface area contributed by atoms with Gasteiger partial charge in [0.1, 0.15) is 19.3 Å². The Hall–Kier alpha value is -1.94. The normalized spacial score (nSPS) is 14.3. The number of hydrogen-bond acceptors (Lipinski definition) is 15. The zero-order valence-electron chi connectivity index (χ0n) is 59.0. The highest BCUT2D eigenvalue weighted by Gasteiger charge is 2.30. The van der Waals surface area contributed by atoms with E-state index in [2.05, 4.69) is 34.6 Å². The number of phosphoric acid groups is 2. The number of unbranched alkanes of at least 4 members (excludes halogenated alkanes) is 43. The molecule has 3 unspecified atom stereocenters. The molecule has 17 nitrogen and oxygen atoms in total. The van der Waals surface area contributed by atoms with Crippen LogP contribution in [0, 0.1) is 5.92 Å². The van der Waals surface area contributed by atoms with Gasteiger partial charge in [-0.15, -0.1) is 0 Å². The molecular formula is C72H140O17P2. The third kappa shape index (κ3) is 65.1. The lowest BCUT2D eigenvalue weighted by Crippen LogP contribution is -2.30. The van der Waals surface area contributed by atoms with E-state index in [0.717, 1.165) is 102 Å². The van der Waals surface area contributed by atoms with E-state index in [-0.39, 0.29) is 25.7 Å². The second-order valence-electron chi connectivity index (χ2n) is 26.2. The van der Waals surface area contributed by atoms with Crippen molar-refractivity contribution >= 4 is 39.5 Å². The van der Waals surface area contributed by atoms with Gasteiger partial charge in [0, 0.05) is 25.7 Å². The molecule has 0 aliphatic rings. The topological polar surface area (TPSA) is 237 Å². The SMILES string of the molecule is CCCCCCCCCCCCCCCCCCC(=O)O[C@H](COC(=O)CCCCCCCCCCCCC(C)CC)COP(=O)(O)OC[C@@H](O)COP(=O)(O)OC[C@@H](COC(=O)CCCCCCCCCC)OC(=O)CCCCCCCCCCCCCCC. The average molecular weight is 1340 g/mol. The summed E-state index contributed by atoms with van der Waals surface area (Å²) in [6.07, 6.45) is 52.6. The summed E-state index contributed by atoms with van der Waals surface area (Å²) >= 11 is 0. The molecule has 0 amide bonds. The van der Waals surface area contributed by atoms with Crippen LogP contribution in [0.5, 0.6) is 0 Å². The van der Waals surface area contributed by atoms with Gasteiger partial charge in [0.2, 0.25) is 0 Å². The number of carbonyl (C=O) groups is 4. The summed E-state index contributed by atoms with van der Waals surface area (Å²) in [5, 5.41) is 10.6. The van der Waals surface area contributed by atoms with E-state index >= 15 is 0 Å². The fourth-order valence-electron chi connectivity index (χ4n) is 11.0. The zero-order valence-corrected chi connectivity index (χ0v) is 60.8. The predicted molar refractivity (Wildman–Crippen MR) is 368 cm³/mol. The first-order valence-electron chi connectivity index (χ1n) is 37.7. The second kappa shape index (κ2) is 65.4. The Morgan fingerprint density at radius 1 is 0.308 bits per heavy atom. The number of hydrogen-bond donors (Lipinski definition) is 3. The molecule has 0 aromatic rings. The first-order valence-corrected chi connectivity index (χ1v) is 40.7. The molecule has 0 rings (SSSR count). The molecule has 6 atom stereocenters. The van der Waals surface area contributed by atoms with Crippen molar-refractivity contribution in [3.63, 3.8) is 0 Å². The van der Waals surface area contributed by atoms with E-state index in [1.807, 2.05) is 0 Å². The standard InChI is InChI=1S/C72H140O17P2/c1-6-10-13-16-19-22-24-26-27-28-30-32-38-43-48-53-58-72(77)89-68(62-83-70(75)56-51-46-41-36-34-33-35-39-44-49-54-65(5)9-4)64-87-91(80,81)85-60-66(73)59-84-90(78,79)86-63-67(61-82-69(74)55-50-45-40-21-18-15-12-8-3)88-71(76)57-52-47-42-37-31-29-25-23-20-17-14-11-7-2/h65-68,73H,6-64H2,1-5H3,(H,78,79)(H,80,81)/t65?,66-,67+,68+/m0/s1.